The average Bonchev–Trinajstić information content (AvgIpc) is 2.34. The van der Waals surface area contributed by atoms with Crippen LogP contribution in [-0.2, 0) is 0 Å². The van der Waals surface area contributed by atoms with E-state index in [1.165, 1.54) is 12.3 Å². The molecule has 18 heavy (non-hydrogen) atoms. The monoisotopic (exact) mass is 262 g/mol. The third-order valence-corrected chi connectivity index (χ3v) is 2.85. The van der Waals surface area contributed by atoms with E-state index < -0.39 is 5.97 Å². The second kappa shape index (κ2) is 5.06. The number of hydrogen-bond donors (Lipinski definition) is 2. The summed E-state index contributed by atoms with van der Waals surface area (Å²) in [6.45, 7) is 1.92. The molecular formula is C13H11ClN2O2. The number of halogens is 1. The highest BCUT2D eigenvalue weighted by Crippen LogP contribution is 2.23. The van der Waals surface area contributed by atoms with Crippen LogP contribution in [0.3, 0.4) is 0 Å². The van der Waals surface area contributed by atoms with Crippen LogP contribution in [0.2, 0.25) is 5.02 Å². The number of carbonyl (C=O) groups is 1. The van der Waals surface area contributed by atoms with Gasteiger partial charge in [0.05, 0.1) is 0 Å². The maximum atomic E-state index is 10.8. The van der Waals surface area contributed by atoms with Crippen LogP contribution in [0.25, 0.3) is 0 Å². The molecule has 0 unspecified atom stereocenters. The van der Waals surface area contributed by atoms with Gasteiger partial charge in [-0.15, -0.1) is 0 Å². The summed E-state index contributed by atoms with van der Waals surface area (Å²) in [4.78, 5) is 14.5. The van der Waals surface area contributed by atoms with Gasteiger partial charge in [-0.05, 0) is 36.8 Å². The first-order chi connectivity index (χ1) is 8.56. The number of anilines is 2. The molecule has 0 aliphatic carbocycles. The Labute approximate surface area is 109 Å². The number of carboxylic acids is 1. The molecule has 0 bridgehead atoms. The smallest absolute Gasteiger partial charge is 0.354 e. The van der Waals surface area contributed by atoms with Gasteiger partial charge in [-0.2, -0.15) is 0 Å². The summed E-state index contributed by atoms with van der Waals surface area (Å²) >= 11 is 6.02. The molecule has 0 saturated carbocycles. The van der Waals surface area contributed by atoms with E-state index in [0.29, 0.717) is 10.7 Å². The van der Waals surface area contributed by atoms with Crippen molar-refractivity contribution < 1.29 is 9.90 Å². The number of nitrogens with zero attached hydrogens (tertiary/aromatic N) is 1. The fraction of sp³-hybridized carbons (Fsp3) is 0.0769. The lowest BCUT2D eigenvalue weighted by Crippen LogP contribution is -2.01. The summed E-state index contributed by atoms with van der Waals surface area (Å²) in [5.41, 5.74) is 2.44. The van der Waals surface area contributed by atoms with Crippen molar-refractivity contribution in [2.45, 2.75) is 6.92 Å². The van der Waals surface area contributed by atoms with Gasteiger partial charge in [0.25, 0.3) is 0 Å². The van der Waals surface area contributed by atoms with Gasteiger partial charge in [0.2, 0.25) is 0 Å². The lowest BCUT2D eigenvalue weighted by Gasteiger charge is -2.08. The average molecular weight is 263 g/mol. The van der Waals surface area contributed by atoms with Gasteiger partial charge in [-0.1, -0.05) is 17.7 Å². The molecule has 92 valence electrons. The molecule has 1 aromatic heterocycles. The van der Waals surface area contributed by atoms with Gasteiger partial charge in [0.15, 0.2) is 0 Å². The summed E-state index contributed by atoms with van der Waals surface area (Å²) in [5, 5.41) is 12.6. The number of aryl methyl sites for hydroxylation is 1. The fourth-order valence-electron chi connectivity index (χ4n) is 1.46. The predicted molar refractivity (Wildman–Crippen MR) is 70.7 cm³/mol. The molecule has 0 atom stereocenters. The van der Waals surface area contributed by atoms with Crippen LogP contribution >= 0.6 is 11.6 Å². The minimum Gasteiger partial charge on any atom is -0.477 e. The normalized spacial score (nSPS) is 10.1. The van der Waals surface area contributed by atoms with E-state index >= 15 is 0 Å². The Bertz CT molecular complexity index is 599. The van der Waals surface area contributed by atoms with Crippen molar-refractivity contribution in [3.63, 3.8) is 0 Å². The highest BCUT2D eigenvalue weighted by atomic mass is 35.5. The fourth-order valence-corrected chi connectivity index (χ4v) is 1.64. The molecule has 0 spiro atoms. The molecule has 1 heterocycles. The summed E-state index contributed by atoms with van der Waals surface area (Å²) in [5.74, 6) is -1.06. The van der Waals surface area contributed by atoms with Crippen LogP contribution in [-0.4, -0.2) is 16.1 Å². The second-order valence-corrected chi connectivity index (χ2v) is 4.23. The number of pyridine rings is 1. The summed E-state index contributed by atoms with van der Waals surface area (Å²) < 4.78 is 0. The van der Waals surface area contributed by atoms with Crippen LogP contribution in [0.4, 0.5) is 11.4 Å². The van der Waals surface area contributed by atoms with Gasteiger partial charge >= 0.3 is 5.97 Å². The molecule has 0 aliphatic heterocycles. The highest BCUT2D eigenvalue weighted by Gasteiger charge is 2.05. The SMILES string of the molecule is Cc1ccc(Nc2ccnc(C(=O)O)c2)cc1Cl. The van der Waals surface area contributed by atoms with Crippen LogP contribution in [0.5, 0.6) is 0 Å². The van der Waals surface area contributed by atoms with E-state index in [1.54, 1.807) is 12.1 Å². The van der Waals surface area contributed by atoms with E-state index in [0.717, 1.165) is 11.3 Å². The number of carboxylic acid groups (broad SMARTS) is 1. The van der Waals surface area contributed by atoms with Crippen LogP contribution in [0.1, 0.15) is 16.1 Å². The highest BCUT2D eigenvalue weighted by molar-refractivity contribution is 6.31. The van der Waals surface area contributed by atoms with Crippen LogP contribution < -0.4 is 5.32 Å². The van der Waals surface area contributed by atoms with Crippen LogP contribution in [0.15, 0.2) is 36.5 Å². The molecule has 2 N–H and O–H groups in total. The first kappa shape index (κ1) is 12.4. The van der Waals surface area contributed by atoms with E-state index in [1.807, 2.05) is 19.1 Å². The van der Waals surface area contributed by atoms with E-state index in [4.69, 9.17) is 16.7 Å². The summed E-state index contributed by atoms with van der Waals surface area (Å²) in [6, 6.07) is 8.72. The summed E-state index contributed by atoms with van der Waals surface area (Å²) in [7, 11) is 0. The third-order valence-electron chi connectivity index (χ3n) is 2.44. The van der Waals surface area contributed by atoms with Crippen molar-refractivity contribution in [1.29, 1.82) is 0 Å². The Morgan fingerprint density at radius 3 is 2.67 bits per heavy atom. The molecule has 0 saturated heterocycles. The quantitative estimate of drug-likeness (QED) is 0.889. The topological polar surface area (TPSA) is 62.2 Å². The van der Waals surface area contributed by atoms with Crippen LogP contribution in [0, 0.1) is 6.92 Å². The first-order valence-electron chi connectivity index (χ1n) is 5.29. The van der Waals surface area contributed by atoms with E-state index in [-0.39, 0.29) is 5.69 Å². The second-order valence-electron chi connectivity index (χ2n) is 3.82. The van der Waals surface area contributed by atoms with Gasteiger partial charge in [0, 0.05) is 22.6 Å². The number of aromatic nitrogens is 1. The molecule has 0 radical (unpaired) electrons. The Morgan fingerprint density at radius 2 is 2.00 bits per heavy atom. The number of benzene rings is 1. The Morgan fingerprint density at radius 1 is 1.28 bits per heavy atom. The molecule has 2 aromatic rings. The molecule has 0 fully saturated rings. The van der Waals surface area contributed by atoms with Crippen molar-refractivity contribution in [1.82, 2.24) is 4.98 Å². The molecule has 2 rings (SSSR count). The van der Waals surface area contributed by atoms with Gasteiger partial charge < -0.3 is 10.4 Å². The maximum Gasteiger partial charge on any atom is 0.354 e. The third kappa shape index (κ3) is 2.78. The molecule has 1 aromatic carbocycles. The van der Waals surface area contributed by atoms with Gasteiger partial charge in [-0.3, -0.25) is 0 Å². The van der Waals surface area contributed by atoms with Crippen molar-refractivity contribution in [2.24, 2.45) is 0 Å². The number of hydrogen-bond acceptors (Lipinski definition) is 3. The minimum absolute atomic E-state index is 0.00166. The first-order valence-corrected chi connectivity index (χ1v) is 5.66. The molecular weight excluding hydrogens is 252 g/mol. The Kier molecular flexibility index (Phi) is 3.48. The van der Waals surface area contributed by atoms with Crippen molar-refractivity contribution in [2.75, 3.05) is 5.32 Å². The zero-order chi connectivity index (χ0) is 13.1. The van der Waals surface area contributed by atoms with Crippen molar-refractivity contribution in [3.05, 3.63) is 52.8 Å². The van der Waals surface area contributed by atoms with Gasteiger partial charge in [-0.25, -0.2) is 9.78 Å². The Hall–Kier alpha value is -2.07. The maximum absolute atomic E-state index is 10.8. The Balaban J connectivity index is 2.25. The van der Waals surface area contributed by atoms with E-state index in [2.05, 4.69) is 10.3 Å². The number of nitrogens with one attached hydrogen (secondary N) is 1. The number of aromatic carboxylic acids is 1. The van der Waals surface area contributed by atoms with Crippen molar-refractivity contribution >= 4 is 28.9 Å². The molecule has 0 amide bonds. The molecule has 0 aliphatic rings. The molecule has 5 heteroatoms. The molecule has 4 nitrogen and oxygen atoms in total. The lowest BCUT2D eigenvalue weighted by molar-refractivity contribution is 0.0690. The van der Waals surface area contributed by atoms with Crippen molar-refractivity contribution in [3.8, 4) is 0 Å². The zero-order valence-corrected chi connectivity index (χ0v) is 10.4. The standard InChI is InChI=1S/C13H11ClN2O2/c1-8-2-3-9(6-11(8)14)16-10-4-5-15-12(7-10)13(17)18/h2-7H,1H3,(H,15,16)(H,17,18). The van der Waals surface area contributed by atoms with E-state index in [9.17, 15) is 4.79 Å². The summed E-state index contributed by atoms with van der Waals surface area (Å²) in [6.07, 6.45) is 1.45. The largest absolute Gasteiger partial charge is 0.477 e. The lowest BCUT2D eigenvalue weighted by atomic mass is 10.2. The minimum atomic E-state index is -1.06. The number of rotatable bonds is 3. The zero-order valence-electron chi connectivity index (χ0n) is 9.64. The van der Waals surface area contributed by atoms with Gasteiger partial charge in [0.1, 0.15) is 5.69 Å². The predicted octanol–water partition coefficient (Wildman–Crippen LogP) is 3.49.